The second-order valence-electron chi connectivity index (χ2n) is 6.64. The van der Waals surface area contributed by atoms with Gasteiger partial charge < -0.3 is 9.64 Å². The van der Waals surface area contributed by atoms with E-state index in [9.17, 15) is 9.18 Å². The summed E-state index contributed by atoms with van der Waals surface area (Å²) < 4.78 is 18.5. The third-order valence-corrected chi connectivity index (χ3v) is 4.10. The topological polar surface area (TPSA) is 32.8 Å². The molecule has 0 aromatic heterocycles. The second kappa shape index (κ2) is 9.92. The molecule has 0 bridgehead atoms. The van der Waals surface area contributed by atoms with E-state index in [4.69, 9.17) is 4.74 Å². The van der Waals surface area contributed by atoms with E-state index in [0.717, 1.165) is 5.56 Å². The normalized spacial score (nSPS) is 11.0. The van der Waals surface area contributed by atoms with Crippen LogP contribution in [0.2, 0.25) is 0 Å². The fourth-order valence-corrected chi connectivity index (χ4v) is 2.59. The highest BCUT2D eigenvalue weighted by Crippen LogP contribution is 2.11. The van der Waals surface area contributed by atoms with Crippen molar-refractivity contribution in [1.82, 2.24) is 9.80 Å². The predicted molar refractivity (Wildman–Crippen MR) is 102 cm³/mol. The summed E-state index contributed by atoms with van der Waals surface area (Å²) in [6.45, 7) is 6.04. The van der Waals surface area contributed by atoms with Crippen LogP contribution in [0.4, 0.5) is 4.39 Å². The molecule has 0 unspecified atom stereocenters. The van der Waals surface area contributed by atoms with Crippen molar-refractivity contribution in [1.29, 1.82) is 0 Å². The molecule has 2 aromatic carbocycles. The minimum absolute atomic E-state index is 0.0909. The van der Waals surface area contributed by atoms with Crippen LogP contribution in [-0.4, -0.2) is 48.5 Å². The Labute approximate surface area is 155 Å². The minimum atomic E-state index is -0.285. The standard InChI is InChI=1S/C21H27FN2O2/c1-17(2)24(15-18-7-5-4-6-8-18)21(25)16-23(3)13-14-26-20-11-9-19(22)10-12-20/h4-12,17H,13-16H2,1-3H3. The highest BCUT2D eigenvalue weighted by molar-refractivity contribution is 5.78. The van der Waals surface area contributed by atoms with E-state index in [1.54, 1.807) is 12.1 Å². The molecule has 0 saturated heterocycles. The van der Waals surface area contributed by atoms with Crippen LogP contribution in [0.15, 0.2) is 54.6 Å². The van der Waals surface area contributed by atoms with Crippen LogP contribution in [0.5, 0.6) is 5.75 Å². The quantitative estimate of drug-likeness (QED) is 0.687. The van der Waals surface area contributed by atoms with Crippen molar-refractivity contribution >= 4 is 5.91 Å². The molecular formula is C21H27FN2O2. The van der Waals surface area contributed by atoms with Crippen LogP contribution in [0.1, 0.15) is 19.4 Å². The summed E-state index contributed by atoms with van der Waals surface area (Å²) in [4.78, 5) is 16.5. The summed E-state index contributed by atoms with van der Waals surface area (Å²) in [6.07, 6.45) is 0. The minimum Gasteiger partial charge on any atom is -0.492 e. The summed E-state index contributed by atoms with van der Waals surface area (Å²) in [7, 11) is 1.90. The number of nitrogens with zero attached hydrogens (tertiary/aromatic N) is 2. The van der Waals surface area contributed by atoms with Gasteiger partial charge in [0.15, 0.2) is 0 Å². The molecule has 0 fully saturated rings. The van der Waals surface area contributed by atoms with E-state index in [0.29, 0.717) is 32.0 Å². The molecule has 0 heterocycles. The molecule has 0 spiro atoms. The van der Waals surface area contributed by atoms with Crippen molar-refractivity contribution < 1.29 is 13.9 Å². The number of hydrogen-bond acceptors (Lipinski definition) is 3. The van der Waals surface area contributed by atoms with Crippen molar-refractivity contribution in [2.75, 3.05) is 26.7 Å². The lowest BCUT2D eigenvalue weighted by Crippen LogP contribution is -2.43. The van der Waals surface area contributed by atoms with Crippen LogP contribution in [0.25, 0.3) is 0 Å². The van der Waals surface area contributed by atoms with Crippen molar-refractivity contribution in [3.8, 4) is 5.75 Å². The van der Waals surface area contributed by atoms with Gasteiger partial charge in [-0.3, -0.25) is 9.69 Å². The number of carbonyl (C=O) groups is 1. The number of likely N-dealkylation sites (N-methyl/N-ethyl adjacent to an activating group) is 1. The predicted octanol–water partition coefficient (Wildman–Crippen LogP) is 3.57. The largest absolute Gasteiger partial charge is 0.492 e. The lowest BCUT2D eigenvalue weighted by molar-refractivity contribution is -0.134. The van der Waals surface area contributed by atoms with Gasteiger partial charge in [-0.2, -0.15) is 0 Å². The molecule has 0 radical (unpaired) electrons. The summed E-state index contributed by atoms with van der Waals surface area (Å²) in [5.41, 5.74) is 1.12. The molecule has 4 nitrogen and oxygen atoms in total. The van der Waals surface area contributed by atoms with Gasteiger partial charge in [0.1, 0.15) is 18.2 Å². The number of ether oxygens (including phenoxy) is 1. The lowest BCUT2D eigenvalue weighted by Gasteiger charge is -2.29. The van der Waals surface area contributed by atoms with Crippen molar-refractivity contribution in [3.05, 3.63) is 66.0 Å². The Bertz CT molecular complexity index is 674. The first-order valence-corrected chi connectivity index (χ1v) is 8.86. The number of carbonyl (C=O) groups excluding carboxylic acids is 1. The summed E-state index contributed by atoms with van der Waals surface area (Å²) in [5, 5.41) is 0. The monoisotopic (exact) mass is 358 g/mol. The van der Waals surface area contributed by atoms with E-state index in [1.165, 1.54) is 12.1 Å². The number of rotatable bonds is 9. The Kier molecular flexibility index (Phi) is 7.60. The first-order valence-electron chi connectivity index (χ1n) is 8.86. The molecule has 0 saturated carbocycles. The Morgan fingerprint density at radius 3 is 2.35 bits per heavy atom. The Morgan fingerprint density at radius 2 is 1.73 bits per heavy atom. The average Bonchev–Trinajstić information content (AvgIpc) is 2.62. The van der Waals surface area contributed by atoms with Gasteiger partial charge in [0.05, 0.1) is 6.54 Å². The zero-order valence-electron chi connectivity index (χ0n) is 15.7. The molecule has 0 aliphatic rings. The van der Waals surface area contributed by atoms with Gasteiger partial charge in [-0.1, -0.05) is 30.3 Å². The van der Waals surface area contributed by atoms with E-state index >= 15 is 0 Å². The Morgan fingerprint density at radius 1 is 1.08 bits per heavy atom. The lowest BCUT2D eigenvalue weighted by atomic mass is 10.2. The molecule has 140 valence electrons. The van der Waals surface area contributed by atoms with Crippen LogP contribution >= 0.6 is 0 Å². The van der Waals surface area contributed by atoms with E-state index < -0.39 is 0 Å². The summed E-state index contributed by atoms with van der Waals surface area (Å²) >= 11 is 0. The zero-order valence-corrected chi connectivity index (χ0v) is 15.7. The van der Waals surface area contributed by atoms with Crippen LogP contribution in [-0.2, 0) is 11.3 Å². The van der Waals surface area contributed by atoms with Crippen molar-refractivity contribution in [2.45, 2.75) is 26.4 Å². The van der Waals surface area contributed by atoms with Gasteiger partial charge in [-0.15, -0.1) is 0 Å². The molecule has 0 atom stereocenters. The second-order valence-corrected chi connectivity index (χ2v) is 6.64. The molecule has 26 heavy (non-hydrogen) atoms. The summed E-state index contributed by atoms with van der Waals surface area (Å²) in [6, 6.07) is 16.1. The van der Waals surface area contributed by atoms with Crippen LogP contribution in [0, 0.1) is 5.82 Å². The van der Waals surface area contributed by atoms with Gasteiger partial charge in [0.25, 0.3) is 0 Å². The van der Waals surface area contributed by atoms with E-state index in [2.05, 4.69) is 0 Å². The molecule has 2 rings (SSSR count). The van der Waals surface area contributed by atoms with Gasteiger partial charge in [0.2, 0.25) is 5.91 Å². The Hall–Kier alpha value is -2.40. The Balaban J connectivity index is 1.80. The van der Waals surface area contributed by atoms with Gasteiger partial charge in [0, 0.05) is 19.1 Å². The fraction of sp³-hybridized carbons (Fsp3) is 0.381. The van der Waals surface area contributed by atoms with Crippen molar-refractivity contribution in [3.63, 3.8) is 0 Å². The fourth-order valence-electron chi connectivity index (χ4n) is 2.59. The van der Waals surface area contributed by atoms with Crippen LogP contribution in [0.3, 0.4) is 0 Å². The molecule has 0 N–H and O–H groups in total. The number of halogens is 1. The first kappa shape index (κ1) is 19.9. The zero-order chi connectivity index (χ0) is 18.9. The van der Waals surface area contributed by atoms with Gasteiger partial charge in [-0.25, -0.2) is 4.39 Å². The van der Waals surface area contributed by atoms with Gasteiger partial charge in [-0.05, 0) is 50.7 Å². The number of hydrogen-bond donors (Lipinski definition) is 0. The highest BCUT2D eigenvalue weighted by atomic mass is 19.1. The highest BCUT2D eigenvalue weighted by Gasteiger charge is 2.18. The smallest absolute Gasteiger partial charge is 0.237 e. The van der Waals surface area contributed by atoms with E-state index in [1.807, 2.05) is 61.0 Å². The number of amides is 1. The summed E-state index contributed by atoms with van der Waals surface area (Å²) in [5.74, 6) is 0.430. The van der Waals surface area contributed by atoms with E-state index in [-0.39, 0.29) is 17.8 Å². The SMILES string of the molecule is CC(C)N(Cc1ccccc1)C(=O)CN(C)CCOc1ccc(F)cc1. The maximum absolute atomic E-state index is 12.9. The molecule has 0 aliphatic carbocycles. The molecule has 5 heteroatoms. The maximum atomic E-state index is 12.9. The number of benzene rings is 2. The molecule has 1 amide bonds. The van der Waals surface area contributed by atoms with Gasteiger partial charge >= 0.3 is 0 Å². The first-order chi connectivity index (χ1) is 12.5. The molecule has 0 aliphatic heterocycles. The van der Waals surface area contributed by atoms with Crippen molar-refractivity contribution in [2.24, 2.45) is 0 Å². The molecule has 2 aromatic rings. The van der Waals surface area contributed by atoms with Crippen LogP contribution < -0.4 is 4.74 Å². The third-order valence-electron chi connectivity index (χ3n) is 4.10. The maximum Gasteiger partial charge on any atom is 0.237 e. The third kappa shape index (κ3) is 6.48. The average molecular weight is 358 g/mol. The molecular weight excluding hydrogens is 331 g/mol.